The maximum Gasteiger partial charge on any atom is 0.258 e. The number of rotatable bonds is 4. The highest BCUT2D eigenvalue weighted by Crippen LogP contribution is 2.26. The van der Waals surface area contributed by atoms with Crippen LogP contribution in [0.25, 0.3) is 16.9 Å². The molecule has 0 unspecified atom stereocenters. The topological polar surface area (TPSA) is 50.1 Å². The van der Waals surface area contributed by atoms with Gasteiger partial charge in [-0.05, 0) is 49.4 Å². The van der Waals surface area contributed by atoms with Crippen LogP contribution in [0, 0.1) is 0 Å². The van der Waals surface area contributed by atoms with Crippen molar-refractivity contribution in [3.63, 3.8) is 0 Å². The van der Waals surface area contributed by atoms with Gasteiger partial charge in [0.25, 0.3) is 5.56 Å². The van der Waals surface area contributed by atoms with Gasteiger partial charge >= 0.3 is 0 Å². The monoisotopic (exact) mass is 378 g/mol. The molecule has 28 heavy (non-hydrogen) atoms. The van der Waals surface area contributed by atoms with Gasteiger partial charge in [-0.25, -0.2) is 4.98 Å². The lowest BCUT2D eigenvalue weighted by Gasteiger charge is -2.34. The van der Waals surface area contributed by atoms with E-state index in [4.69, 9.17) is 9.72 Å². The summed E-state index contributed by atoms with van der Waals surface area (Å²) in [6, 6.07) is 11.5. The number of methoxy groups -OCH3 is 1. The largest absolute Gasteiger partial charge is 0.496 e. The van der Waals surface area contributed by atoms with E-state index in [0.717, 1.165) is 55.2 Å². The number of pyridine rings is 1. The summed E-state index contributed by atoms with van der Waals surface area (Å²) in [5, 5.41) is 0. The van der Waals surface area contributed by atoms with Crippen LogP contribution in [0.15, 0.2) is 47.4 Å². The molecule has 1 saturated heterocycles. The van der Waals surface area contributed by atoms with E-state index >= 15 is 0 Å². The Morgan fingerprint density at radius 3 is 2.57 bits per heavy atom. The number of hydrogen-bond acceptors (Lipinski definition) is 5. The number of aromatic nitrogens is 2. The first-order chi connectivity index (χ1) is 13.6. The Bertz CT molecular complexity index is 1050. The van der Waals surface area contributed by atoms with Crippen molar-refractivity contribution in [1.29, 1.82) is 0 Å². The minimum atomic E-state index is -0.0650. The maximum atomic E-state index is 12.8. The fourth-order valence-corrected chi connectivity index (χ4v) is 3.71. The lowest BCUT2D eigenvalue weighted by molar-refractivity contribution is 0.313. The molecule has 4 rings (SSSR count). The minimum absolute atomic E-state index is 0.0650. The highest BCUT2D eigenvalue weighted by Gasteiger charge is 2.15. The second-order valence-corrected chi connectivity index (χ2v) is 7.27. The zero-order valence-electron chi connectivity index (χ0n) is 16.7. The third-order valence-corrected chi connectivity index (χ3v) is 5.47. The molecule has 0 radical (unpaired) electrons. The lowest BCUT2D eigenvalue weighted by atomic mass is 10.0. The van der Waals surface area contributed by atoms with Crippen LogP contribution in [0.4, 0.5) is 5.69 Å². The summed E-state index contributed by atoms with van der Waals surface area (Å²) in [7, 11) is 3.81. The molecule has 3 heterocycles. The number of aryl methyl sites for hydroxylation is 1. The van der Waals surface area contributed by atoms with Crippen LogP contribution in [0.5, 0.6) is 5.75 Å². The highest BCUT2D eigenvalue weighted by molar-refractivity contribution is 5.65. The first kappa shape index (κ1) is 18.5. The lowest BCUT2D eigenvalue weighted by Crippen LogP contribution is -2.44. The highest BCUT2D eigenvalue weighted by atomic mass is 16.5. The van der Waals surface area contributed by atoms with Gasteiger partial charge in [0.15, 0.2) is 0 Å². The number of anilines is 1. The summed E-state index contributed by atoms with van der Waals surface area (Å²) >= 11 is 0. The van der Waals surface area contributed by atoms with E-state index in [1.54, 1.807) is 17.6 Å². The Kier molecular flexibility index (Phi) is 5.05. The molecule has 0 aliphatic carbocycles. The van der Waals surface area contributed by atoms with Crippen LogP contribution in [-0.4, -0.2) is 54.6 Å². The van der Waals surface area contributed by atoms with Crippen molar-refractivity contribution in [3.05, 3.63) is 58.5 Å². The summed E-state index contributed by atoms with van der Waals surface area (Å²) < 4.78 is 7.04. The first-order valence-corrected chi connectivity index (χ1v) is 9.73. The van der Waals surface area contributed by atoms with E-state index in [1.165, 1.54) is 0 Å². The third-order valence-electron chi connectivity index (χ3n) is 5.47. The van der Waals surface area contributed by atoms with Gasteiger partial charge in [0, 0.05) is 44.0 Å². The van der Waals surface area contributed by atoms with Crippen molar-refractivity contribution in [1.82, 2.24) is 14.3 Å². The van der Waals surface area contributed by atoms with Gasteiger partial charge in [0.05, 0.1) is 18.5 Å². The average molecular weight is 378 g/mol. The summed E-state index contributed by atoms with van der Waals surface area (Å²) in [5.74, 6) is 0.862. The Morgan fingerprint density at radius 2 is 1.86 bits per heavy atom. The Morgan fingerprint density at radius 1 is 1.07 bits per heavy atom. The Labute approximate surface area is 165 Å². The van der Waals surface area contributed by atoms with Crippen molar-refractivity contribution in [2.75, 3.05) is 45.2 Å². The van der Waals surface area contributed by atoms with Gasteiger partial charge in [-0.1, -0.05) is 6.92 Å². The second-order valence-electron chi connectivity index (χ2n) is 7.27. The molecule has 1 aliphatic rings. The van der Waals surface area contributed by atoms with Crippen molar-refractivity contribution in [3.8, 4) is 17.0 Å². The zero-order valence-corrected chi connectivity index (χ0v) is 16.7. The van der Waals surface area contributed by atoms with Gasteiger partial charge in [0.2, 0.25) is 0 Å². The standard InChI is InChI=1S/C22H26N4O2/c1-4-16-13-17(5-7-20(16)28-3)19-14-22(27)26-15-18(6-8-21(26)23-19)25-11-9-24(2)10-12-25/h5-8,13-15H,4,9-12H2,1-3H3. The number of nitrogens with zero attached hydrogens (tertiary/aromatic N) is 4. The van der Waals surface area contributed by atoms with Gasteiger partial charge in [-0.3, -0.25) is 9.20 Å². The summed E-state index contributed by atoms with van der Waals surface area (Å²) in [5.41, 5.74) is 4.39. The van der Waals surface area contributed by atoms with Gasteiger partial charge < -0.3 is 14.5 Å². The van der Waals surface area contributed by atoms with E-state index in [-0.39, 0.29) is 5.56 Å². The molecule has 6 heteroatoms. The zero-order chi connectivity index (χ0) is 19.7. The molecule has 2 aromatic heterocycles. The average Bonchev–Trinajstić information content (AvgIpc) is 2.73. The van der Waals surface area contributed by atoms with E-state index in [2.05, 4.69) is 35.9 Å². The molecular weight excluding hydrogens is 352 g/mol. The number of fused-ring (bicyclic) bond motifs is 1. The van der Waals surface area contributed by atoms with E-state index < -0.39 is 0 Å². The SMILES string of the molecule is CCc1cc(-c2cc(=O)n3cc(N4CCN(C)CC4)ccc3n2)ccc1OC. The Balaban J connectivity index is 1.71. The fraction of sp³-hybridized carbons (Fsp3) is 0.364. The predicted octanol–water partition coefficient (Wildman–Crippen LogP) is 2.68. The second kappa shape index (κ2) is 7.64. The van der Waals surface area contributed by atoms with Crippen LogP contribution in [-0.2, 0) is 6.42 Å². The van der Waals surface area contributed by atoms with Gasteiger partial charge in [-0.15, -0.1) is 0 Å². The predicted molar refractivity (Wildman–Crippen MR) is 113 cm³/mol. The molecule has 0 N–H and O–H groups in total. The molecule has 1 fully saturated rings. The van der Waals surface area contributed by atoms with Crippen LogP contribution in [0.3, 0.4) is 0 Å². The van der Waals surface area contributed by atoms with Gasteiger partial charge in [0.1, 0.15) is 11.4 Å². The van der Waals surface area contributed by atoms with Crippen molar-refractivity contribution >= 4 is 11.3 Å². The minimum Gasteiger partial charge on any atom is -0.496 e. The molecule has 0 amide bonds. The molecule has 0 atom stereocenters. The number of hydrogen-bond donors (Lipinski definition) is 0. The van der Waals surface area contributed by atoms with Crippen molar-refractivity contribution in [2.24, 2.45) is 0 Å². The van der Waals surface area contributed by atoms with Crippen molar-refractivity contribution in [2.45, 2.75) is 13.3 Å². The van der Waals surface area contributed by atoms with Gasteiger partial charge in [-0.2, -0.15) is 0 Å². The summed E-state index contributed by atoms with van der Waals surface area (Å²) in [6.45, 7) is 6.08. The quantitative estimate of drug-likeness (QED) is 0.699. The first-order valence-electron chi connectivity index (χ1n) is 9.73. The maximum absolute atomic E-state index is 12.8. The van der Waals surface area contributed by atoms with Crippen LogP contribution < -0.4 is 15.2 Å². The molecule has 0 saturated carbocycles. The molecule has 6 nitrogen and oxygen atoms in total. The summed E-state index contributed by atoms with van der Waals surface area (Å²) in [4.78, 5) is 22.2. The number of ether oxygens (including phenoxy) is 1. The van der Waals surface area contributed by atoms with Crippen LogP contribution in [0.1, 0.15) is 12.5 Å². The van der Waals surface area contributed by atoms with Crippen molar-refractivity contribution < 1.29 is 4.74 Å². The number of likely N-dealkylation sites (N-methyl/N-ethyl adjacent to an activating group) is 1. The molecule has 1 aromatic carbocycles. The van der Waals surface area contributed by atoms with E-state index in [1.807, 2.05) is 24.4 Å². The normalized spacial score (nSPS) is 15.2. The smallest absolute Gasteiger partial charge is 0.258 e. The number of piperazine rings is 1. The molecule has 0 bridgehead atoms. The van der Waals surface area contributed by atoms with E-state index in [9.17, 15) is 4.79 Å². The molecule has 0 spiro atoms. The molecule has 3 aromatic rings. The van der Waals surface area contributed by atoms with Crippen LogP contribution >= 0.6 is 0 Å². The van der Waals surface area contributed by atoms with E-state index in [0.29, 0.717) is 11.3 Å². The Hall–Kier alpha value is -2.86. The fourth-order valence-electron chi connectivity index (χ4n) is 3.71. The molecule has 1 aliphatic heterocycles. The third kappa shape index (κ3) is 3.47. The summed E-state index contributed by atoms with van der Waals surface area (Å²) in [6.07, 6.45) is 2.77. The molecule has 146 valence electrons. The number of benzene rings is 1. The molecular formula is C22H26N4O2. The van der Waals surface area contributed by atoms with Crippen LogP contribution in [0.2, 0.25) is 0 Å².